The van der Waals surface area contributed by atoms with Gasteiger partial charge in [-0.05, 0) is 52.1 Å². The number of nitrogens with zero attached hydrogens (tertiary/aromatic N) is 3. The van der Waals surface area contributed by atoms with Crippen molar-refractivity contribution in [3.05, 3.63) is 96.2 Å². The topological polar surface area (TPSA) is 60.2 Å². The van der Waals surface area contributed by atoms with Crippen LogP contribution in [0.2, 0.25) is 0 Å². The first-order valence-electron chi connectivity index (χ1n) is 12.9. The van der Waals surface area contributed by atoms with Crippen LogP contribution in [-0.4, -0.2) is 19.6 Å². The Morgan fingerprint density at radius 1 is 0.897 bits per heavy atom. The van der Waals surface area contributed by atoms with Gasteiger partial charge in [0, 0.05) is 50.0 Å². The van der Waals surface area contributed by atoms with Crippen LogP contribution in [0.5, 0.6) is 17.4 Å². The predicted molar refractivity (Wildman–Crippen MR) is 154 cm³/mol. The second-order valence-electron chi connectivity index (χ2n) is 11.1. The van der Waals surface area contributed by atoms with Crippen molar-refractivity contribution < 1.29 is 30.9 Å². The summed E-state index contributed by atoms with van der Waals surface area (Å²) in [6.45, 7) is 10.8. The van der Waals surface area contributed by atoms with E-state index in [4.69, 9.17) is 9.72 Å². The molecule has 0 saturated carbocycles. The summed E-state index contributed by atoms with van der Waals surface area (Å²) in [7, 11) is 0. The number of hydrogen-bond acceptors (Lipinski definition) is 4. The van der Waals surface area contributed by atoms with Crippen LogP contribution in [0.15, 0.2) is 79.0 Å². The number of aromatic hydroxyl groups is 1. The van der Waals surface area contributed by atoms with E-state index >= 15 is 0 Å². The van der Waals surface area contributed by atoms with Crippen LogP contribution >= 0.6 is 0 Å². The molecule has 0 atom stereocenters. The first-order valence-corrected chi connectivity index (χ1v) is 12.9. The van der Waals surface area contributed by atoms with Crippen molar-refractivity contribution in [1.29, 1.82) is 0 Å². The number of rotatable bonds is 4. The number of benzene rings is 3. The van der Waals surface area contributed by atoms with Crippen molar-refractivity contribution in [1.82, 2.24) is 14.5 Å². The maximum Gasteiger partial charge on any atom is 0.217 e. The quantitative estimate of drug-likeness (QED) is 0.188. The molecule has 39 heavy (non-hydrogen) atoms. The van der Waals surface area contributed by atoms with Crippen LogP contribution < -0.4 is 4.74 Å². The fraction of sp³-hybridized carbons (Fsp3) is 0.212. The summed E-state index contributed by atoms with van der Waals surface area (Å²) in [5, 5.41) is 13.7. The van der Waals surface area contributed by atoms with Gasteiger partial charge in [-0.1, -0.05) is 70.5 Å². The first kappa shape index (κ1) is 26.9. The fourth-order valence-corrected chi connectivity index (χ4v) is 5.08. The van der Waals surface area contributed by atoms with E-state index in [9.17, 15) is 5.11 Å². The minimum atomic E-state index is -0.166. The SMILES string of the molecule is CC(C)c1ccnc(-n2c3[c-]c(Oc4cc(C(C)(C)C)c5cccc(O)c5n4)ccc3c3ccccc32)c1.[Pt]. The van der Waals surface area contributed by atoms with Gasteiger partial charge in [-0.15, -0.1) is 17.5 Å². The van der Waals surface area contributed by atoms with E-state index < -0.39 is 0 Å². The van der Waals surface area contributed by atoms with Crippen LogP contribution in [0.4, 0.5) is 0 Å². The summed E-state index contributed by atoms with van der Waals surface area (Å²) in [4.78, 5) is 9.39. The third-order valence-electron chi connectivity index (χ3n) is 7.04. The van der Waals surface area contributed by atoms with E-state index in [1.54, 1.807) is 6.07 Å². The van der Waals surface area contributed by atoms with Gasteiger partial charge in [-0.3, -0.25) is 0 Å². The van der Waals surface area contributed by atoms with E-state index in [1.165, 1.54) is 5.56 Å². The molecule has 0 fully saturated rings. The smallest absolute Gasteiger partial charge is 0.217 e. The Morgan fingerprint density at radius 3 is 2.44 bits per heavy atom. The average Bonchev–Trinajstić information content (AvgIpc) is 3.22. The van der Waals surface area contributed by atoms with Crippen LogP contribution in [0, 0.1) is 6.07 Å². The summed E-state index contributed by atoms with van der Waals surface area (Å²) in [6.07, 6.45) is 1.87. The number of hydrogen-bond donors (Lipinski definition) is 1. The Hall–Kier alpha value is -3.69. The van der Waals surface area contributed by atoms with Crippen molar-refractivity contribution in [2.75, 3.05) is 0 Å². The van der Waals surface area contributed by atoms with Gasteiger partial charge < -0.3 is 14.4 Å². The third-order valence-corrected chi connectivity index (χ3v) is 7.04. The standard InChI is InChI=1S/C33H30N3O2.Pt/c1-20(2)21-15-16-34-30(17-21)36-27-11-7-6-9-23(27)24-14-13-22(18-28(24)36)38-31-19-26(33(3,4)5)25-10-8-12-29(37)32(25)35-31;/h6-17,19-20,37H,1-5H3;/q-1;. The molecule has 0 bridgehead atoms. The summed E-state index contributed by atoms with van der Waals surface area (Å²) in [6, 6.07) is 27.5. The molecule has 200 valence electrons. The van der Waals surface area contributed by atoms with E-state index in [2.05, 4.69) is 80.6 Å². The second kappa shape index (κ2) is 10.1. The number of pyridine rings is 2. The number of phenols is 1. The zero-order chi connectivity index (χ0) is 26.6. The zero-order valence-electron chi connectivity index (χ0n) is 22.6. The molecular weight excluding hydrogens is 665 g/mol. The predicted octanol–water partition coefficient (Wildman–Crippen LogP) is 8.44. The minimum absolute atomic E-state index is 0. The molecule has 1 N–H and O–H groups in total. The normalized spacial score (nSPS) is 11.8. The van der Waals surface area contributed by atoms with Crippen LogP contribution in [0.3, 0.4) is 0 Å². The second-order valence-corrected chi connectivity index (χ2v) is 11.1. The molecule has 0 aliphatic heterocycles. The summed E-state index contributed by atoms with van der Waals surface area (Å²) < 4.78 is 8.47. The number of ether oxygens (including phenoxy) is 1. The molecule has 0 aliphatic rings. The number of fused-ring (bicyclic) bond motifs is 4. The molecule has 0 aliphatic carbocycles. The van der Waals surface area contributed by atoms with E-state index in [-0.39, 0.29) is 32.2 Å². The van der Waals surface area contributed by atoms with Crippen molar-refractivity contribution in [3.63, 3.8) is 0 Å². The molecule has 3 aromatic heterocycles. The molecule has 6 heteroatoms. The van der Waals surface area contributed by atoms with Crippen molar-refractivity contribution in [2.45, 2.75) is 46.0 Å². The molecule has 5 nitrogen and oxygen atoms in total. The van der Waals surface area contributed by atoms with Crippen molar-refractivity contribution >= 4 is 32.7 Å². The first-order chi connectivity index (χ1) is 18.2. The Bertz CT molecular complexity index is 1830. The Labute approximate surface area is 242 Å². The van der Waals surface area contributed by atoms with Gasteiger partial charge in [-0.2, -0.15) is 6.07 Å². The molecule has 6 rings (SSSR count). The summed E-state index contributed by atoms with van der Waals surface area (Å²) in [5.74, 6) is 2.33. The van der Waals surface area contributed by atoms with Gasteiger partial charge in [0.1, 0.15) is 17.1 Å². The molecule has 0 amide bonds. The van der Waals surface area contributed by atoms with E-state index in [0.717, 1.165) is 38.6 Å². The Kier molecular flexibility index (Phi) is 6.98. The molecule has 3 aromatic carbocycles. The maximum absolute atomic E-state index is 10.6. The molecular formula is C33H30N3O2Pt-. The Balaban J connectivity index is 0.00000308. The van der Waals surface area contributed by atoms with Gasteiger partial charge in [-0.25, -0.2) is 9.97 Å². The number of aromatic nitrogens is 3. The van der Waals surface area contributed by atoms with Gasteiger partial charge in [0.15, 0.2) is 0 Å². The fourth-order valence-electron chi connectivity index (χ4n) is 5.08. The summed E-state index contributed by atoms with van der Waals surface area (Å²) in [5.41, 5.74) is 4.59. The van der Waals surface area contributed by atoms with Crippen LogP contribution in [0.25, 0.3) is 38.5 Å². The largest absolute Gasteiger partial charge is 0.506 e. The van der Waals surface area contributed by atoms with Gasteiger partial charge in [0.2, 0.25) is 5.88 Å². The van der Waals surface area contributed by atoms with Gasteiger partial charge in [0.05, 0.1) is 0 Å². The van der Waals surface area contributed by atoms with E-state index in [0.29, 0.717) is 23.1 Å². The molecule has 6 aromatic rings. The van der Waals surface area contributed by atoms with E-state index in [1.807, 2.05) is 42.6 Å². The zero-order valence-corrected chi connectivity index (χ0v) is 24.9. The van der Waals surface area contributed by atoms with Crippen molar-refractivity contribution in [2.24, 2.45) is 0 Å². The number of para-hydroxylation sites is 2. The molecule has 0 saturated heterocycles. The van der Waals surface area contributed by atoms with Gasteiger partial charge in [0.25, 0.3) is 0 Å². The monoisotopic (exact) mass is 695 g/mol. The minimum Gasteiger partial charge on any atom is -0.506 e. The Morgan fingerprint density at radius 2 is 1.67 bits per heavy atom. The average molecular weight is 696 g/mol. The maximum atomic E-state index is 10.6. The van der Waals surface area contributed by atoms with Crippen LogP contribution in [0.1, 0.15) is 51.7 Å². The summed E-state index contributed by atoms with van der Waals surface area (Å²) >= 11 is 0. The van der Waals surface area contributed by atoms with Crippen molar-refractivity contribution in [3.8, 4) is 23.2 Å². The molecule has 3 heterocycles. The molecule has 0 radical (unpaired) electrons. The van der Waals surface area contributed by atoms with Gasteiger partial charge >= 0.3 is 0 Å². The molecule has 0 spiro atoms. The molecule has 0 unspecified atom stereocenters. The third kappa shape index (κ3) is 4.81. The van der Waals surface area contributed by atoms with Crippen LogP contribution in [-0.2, 0) is 26.5 Å². The number of phenolic OH excluding ortho intramolecular Hbond substituents is 1.